The molecule has 10 heteroatoms. The van der Waals surface area contributed by atoms with Crippen LogP contribution in [0.4, 0.5) is 5.69 Å². The number of methoxy groups -OCH3 is 1. The third-order valence-corrected chi connectivity index (χ3v) is 6.93. The van der Waals surface area contributed by atoms with E-state index >= 15 is 0 Å². The summed E-state index contributed by atoms with van der Waals surface area (Å²) in [6.45, 7) is 3.80. The Labute approximate surface area is 217 Å². The molecule has 35 heavy (non-hydrogen) atoms. The van der Waals surface area contributed by atoms with Crippen LogP contribution in [0, 0.1) is 25.2 Å². The van der Waals surface area contributed by atoms with E-state index < -0.39 is 16.0 Å². The number of aryl methyl sites for hydroxylation is 2. The predicted molar refractivity (Wildman–Crippen MR) is 138 cm³/mol. The lowest BCUT2D eigenvalue weighted by Crippen LogP contribution is -2.14. The van der Waals surface area contributed by atoms with Gasteiger partial charge in [0.1, 0.15) is 16.5 Å². The van der Waals surface area contributed by atoms with Gasteiger partial charge in [0.25, 0.3) is 5.91 Å². The molecule has 3 rings (SSSR count). The van der Waals surface area contributed by atoms with Gasteiger partial charge in [-0.05, 0) is 89.4 Å². The molecule has 0 radical (unpaired) electrons. The Bertz CT molecular complexity index is 1460. The van der Waals surface area contributed by atoms with E-state index in [1.807, 2.05) is 32.0 Å². The number of carbonyl (C=O) groups is 1. The molecule has 0 saturated carbocycles. The van der Waals surface area contributed by atoms with Crippen LogP contribution in [0.3, 0.4) is 0 Å². The van der Waals surface area contributed by atoms with Crippen molar-refractivity contribution in [3.63, 3.8) is 0 Å². The highest BCUT2D eigenvalue weighted by atomic mass is 79.9. The summed E-state index contributed by atoms with van der Waals surface area (Å²) in [4.78, 5) is 12.6. The van der Waals surface area contributed by atoms with Crippen LogP contribution in [0.2, 0.25) is 5.02 Å². The van der Waals surface area contributed by atoms with Crippen molar-refractivity contribution in [1.82, 2.24) is 0 Å². The van der Waals surface area contributed by atoms with Crippen LogP contribution in [0.5, 0.6) is 11.5 Å². The third-order valence-electron chi connectivity index (χ3n) is 4.85. The first-order valence-corrected chi connectivity index (χ1v) is 12.7. The summed E-state index contributed by atoms with van der Waals surface area (Å²) in [5.74, 6) is -0.590. The molecule has 0 aliphatic rings. The molecule has 1 amide bonds. The Balaban J connectivity index is 1.91. The number of halogens is 2. The van der Waals surface area contributed by atoms with Crippen molar-refractivity contribution < 1.29 is 22.1 Å². The van der Waals surface area contributed by atoms with E-state index in [4.69, 9.17) is 20.5 Å². The first kappa shape index (κ1) is 26.3. The van der Waals surface area contributed by atoms with E-state index in [2.05, 4.69) is 21.2 Å². The van der Waals surface area contributed by atoms with Gasteiger partial charge in [-0.15, -0.1) is 0 Å². The lowest BCUT2D eigenvalue weighted by molar-refractivity contribution is -0.112. The lowest BCUT2D eigenvalue weighted by Gasteiger charge is -2.14. The van der Waals surface area contributed by atoms with Crippen LogP contribution < -0.4 is 14.2 Å². The van der Waals surface area contributed by atoms with Gasteiger partial charge in [-0.3, -0.25) is 4.79 Å². The van der Waals surface area contributed by atoms with Crippen LogP contribution in [0.15, 0.2) is 69.5 Å². The highest BCUT2D eigenvalue weighted by Gasteiger charge is 2.22. The van der Waals surface area contributed by atoms with Gasteiger partial charge in [-0.25, -0.2) is 0 Å². The van der Waals surface area contributed by atoms with E-state index in [-0.39, 0.29) is 26.4 Å². The first-order chi connectivity index (χ1) is 16.5. The Morgan fingerprint density at radius 3 is 2.40 bits per heavy atom. The Morgan fingerprint density at radius 2 is 1.80 bits per heavy atom. The average molecular weight is 576 g/mol. The van der Waals surface area contributed by atoms with E-state index in [1.165, 1.54) is 49.6 Å². The Morgan fingerprint density at radius 1 is 1.11 bits per heavy atom. The molecule has 7 nitrogen and oxygen atoms in total. The molecule has 0 heterocycles. The molecule has 0 bridgehead atoms. The third kappa shape index (κ3) is 6.42. The maximum absolute atomic E-state index is 12.7. The van der Waals surface area contributed by atoms with Gasteiger partial charge in [0.05, 0.1) is 11.6 Å². The number of rotatable bonds is 7. The summed E-state index contributed by atoms with van der Waals surface area (Å²) in [7, 11) is -2.84. The smallest absolute Gasteiger partial charge is 0.339 e. The van der Waals surface area contributed by atoms with E-state index in [9.17, 15) is 18.5 Å². The zero-order valence-electron chi connectivity index (χ0n) is 18.9. The zero-order chi connectivity index (χ0) is 25.8. The predicted octanol–water partition coefficient (Wildman–Crippen LogP) is 6.04. The maximum atomic E-state index is 12.7. The summed E-state index contributed by atoms with van der Waals surface area (Å²) in [6.07, 6.45) is 1.36. The van der Waals surface area contributed by atoms with Crippen LogP contribution in [0.1, 0.15) is 16.7 Å². The standard InChI is InChI=1S/C25H20BrClN2O5S/c1-15-4-9-22(16(2)10-15)29-25(30)18(14-28)11-17-12-21(26)24(23(13-17)33-3)34-35(31,32)20-7-5-19(27)6-8-20/h4-13H,1-3H3,(H,29,30)/b18-11+. The number of nitrogens with zero attached hydrogens (tertiary/aromatic N) is 1. The molecular weight excluding hydrogens is 556 g/mol. The van der Waals surface area contributed by atoms with Crippen LogP contribution in [-0.2, 0) is 14.9 Å². The molecule has 0 aliphatic carbocycles. The summed E-state index contributed by atoms with van der Waals surface area (Å²) >= 11 is 9.12. The number of carbonyl (C=O) groups excluding carboxylic acids is 1. The fourth-order valence-electron chi connectivity index (χ4n) is 3.12. The SMILES string of the molecule is COc1cc(/C=C(\C#N)C(=O)Nc2ccc(C)cc2C)cc(Br)c1OS(=O)(=O)c1ccc(Cl)cc1. The van der Waals surface area contributed by atoms with Crippen molar-refractivity contribution in [2.24, 2.45) is 0 Å². The van der Waals surface area contributed by atoms with Gasteiger partial charge >= 0.3 is 10.1 Å². The van der Waals surface area contributed by atoms with Crippen molar-refractivity contribution in [3.8, 4) is 17.6 Å². The molecular formula is C25H20BrClN2O5S. The zero-order valence-corrected chi connectivity index (χ0v) is 22.1. The van der Waals surface area contributed by atoms with Gasteiger partial charge < -0.3 is 14.2 Å². The minimum atomic E-state index is -4.18. The minimum Gasteiger partial charge on any atom is -0.493 e. The molecule has 0 aliphatic heterocycles. The fraction of sp³-hybridized carbons (Fsp3) is 0.120. The minimum absolute atomic E-state index is 0.0789. The van der Waals surface area contributed by atoms with Crippen molar-refractivity contribution in [2.75, 3.05) is 12.4 Å². The van der Waals surface area contributed by atoms with E-state index in [0.717, 1.165) is 11.1 Å². The van der Waals surface area contributed by atoms with Gasteiger partial charge in [0.2, 0.25) is 0 Å². The number of nitrogens with one attached hydrogen (secondary N) is 1. The Kier molecular flexibility index (Phi) is 8.22. The average Bonchev–Trinajstić information content (AvgIpc) is 2.80. The molecule has 0 fully saturated rings. The quantitative estimate of drug-likeness (QED) is 0.209. The molecule has 0 unspecified atom stereocenters. The van der Waals surface area contributed by atoms with Gasteiger partial charge in [-0.1, -0.05) is 29.3 Å². The van der Waals surface area contributed by atoms with Crippen molar-refractivity contribution >= 4 is 55.3 Å². The van der Waals surface area contributed by atoms with Gasteiger partial charge in [0, 0.05) is 10.7 Å². The summed E-state index contributed by atoms with van der Waals surface area (Å²) in [5.41, 5.74) is 2.77. The molecule has 180 valence electrons. The Hall–Kier alpha value is -3.32. The summed E-state index contributed by atoms with van der Waals surface area (Å²) in [6, 6.07) is 15.9. The fourth-order valence-corrected chi connectivity index (χ4v) is 4.85. The van der Waals surface area contributed by atoms with Crippen LogP contribution in [-0.4, -0.2) is 21.4 Å². The second-order valence-corrected chi connectivity index (χ2v) is 10.3. The van der Waals surface area contributed by atoms with E-state index in [1.54, 1.807) is 6.07 Å². The number of hydrogen-bond donors (Lipinski definition) is 1. The maximum Gasteiger partial charge on any atom is 0.339 e. The van der Waals surface area contributed by atoms with Crippen molar-refractivity contribution in [3.05, 3.63) is 86.4 Å². The summed E-state index contributed by atoms with van der Waals surface area (Å²) < 4.78 is 36.3. The topological polar surface area (TPSA) is 105 Å². The monoisotopic (exact) mass is 574 g/mol. The van der Waals surface area contributed by atoms with Crippen molar-refractivity contribution in [1.29, 1.82) is 5.26 Å². The summed E-state index contributed by atoms with van der Waals surface area (Å²) in [5, 5.41) is 12.7. The second-order valence-electron chi connectivity index (χ2n) is 7.47. The molecule has 0 aromatic heterocycles. The molecule has 0 spiro atoms. The van der Waals surface area contributed by atoms with Crippen LogP contribution in [0.25, 0.3) is 6.08 Å². The van der Waals surface area contributed by atoms with E-state index in [0.29, 0.717) is 16.3 Å². The molecule has 0 saturated heterocycles. The second kappa shape index (κ2) is 11.0. The number of anilines is 1. The molecule has 0 atom stereocenters. The molecule has 3 aromatic rings. The lowest BCUT2D eigenvalue weighted by atomic mass is 10.1. The number of hydrogen-bond acceptors (Lipinski definition) is 6. The number of ether oxygens (including phenoxy) is 1. The number of nitriles is 1. The normalized spacial score (nSPS) is 11.5. The van der Waals surface area contributed by atoms with Gasteiger partial charge in [0.15, 0.2) is 11.5 Å². The first-order valence-electron chi connectivity index (χ1n) is 10.1. The highest BCUT2D eigenvalue weighted by Crippen LogP contribution is 2.39. The van der Waals surface area contributed by atoms with Crippen molar-refractivity contribution in [2.45, 2.75) is 18.7 Å². The number of amides is 1. The highest BCUT2D eigenvalue weighted by molar-refractivity contribution is 9.10. The molecule has 1 N–H and O–H groups in total. The largest absolute Gasteiger partial charge is 0.493 e. The molecule has 3 aromatic carbocycles. The van der Waals surface area contributed by atoms with Gasteiger partial charge in [-0.2, -0.15) is 13.7 Å². The number of benzene rings is 3. The van der Waals surface area contributed by atoms with Crippen LogP contribution >= 0.6 is 27.5 Å².